The summed E-state index contributed by atoms with van der Waals surface area (Å²) < 4.78 is 0. The van der Waals surface area contributed by atoms with Crippen molar-refractivity contribution in [3.05, 3.63) is 28.2 Å². The van der Waals surface area contributed by atoms with Gasteiger partial charge in [0.25, 0.3) is 0 Å². The average Bonchev–Trinajstić information content (AvgIpc) is 2.83. The van der Waals surface area contributed by atoms with E-state index in [1.165, 1.54) is 0 Å². The predicted molar refractivity (Wildman–Crippen MR) is 91.9 cm³/mol. The molecule has 1 aromatic rings. The summed E-state index contributed by atoms with van der Waals surface area (Å²) in [7, 11) is 0. The lowest BCUT2D eigenvalue weighted by atomic mass is 9.81. The van der Waals surface area contributed by atoms with Crippen LogP contribution in [0.15, 0.2) is 18.2 Å². The molecule has 0 spiro atoms. The van der Waals surface area contributed by atoms with E-state index in [1.54, 1.807) is 25.1 Å². The van der Waals surface area contributed by atoms with Crippen LogP contribution in [-0.2, 0) is 14.4 Å². The number of fused-ring (bicyclic) bond motifs is 1. The Morgan fingerprint density at radius 2 is 1.75 bits per heavy atom. The van der Waals surface area contributed by atoms with Gasteiger partial charge in [0, 0.05) is 0 Å². The summed E-state index contributed by atoms with van der Waals surface area (Å²) in [4.78, 5) is 38.7. The van der Waals surface area contributed by atoms with Crippen molar-refractivity contribution >= 4 is 46.6 Å². The maximum atomic E-state index is 12.5. The quantitative estimate of drug-likeness (QED) is 0.830. The lowest BCUT2D eigenvalue weighted by Gasteiger charge is -2.22. The van der Waals surface area contributed by atoms with Crippen molar-refractivity contribution in [1.82, 2.24) is 4.90 Å². The molecule has 1 aliphatic heterocycles. The van der Waals surface area contributed by atoms with Gasteiger partial charge in [-0.1, -0.05) is 42.1 Å². The highest BCUT2D eigenvalue weighted by atomic mass is 35.5. The van der Waals surface area contributed by atoms with E-state index < -0.39 is 11.9 Å². The van der Waals surface area contributed by atoms with Gasteiger partial charge in [0.1, 0.15) is 6.04 Å². The Bertz CT molecular complexity index is 683. The molecule has 1 N–H and O–H groups in total. The lowest BCUT2D eigenvalue weighted by molar-refractivity contribution is -0.146. The molecule has 3 amide bonds. The van der Waals surface area contributed by atoms with Crippen LogP contribution in [0.3, 0.4) is 0 Å². The number of imide groups is 1. The second-order valence-electron chi connectivity index (χ2n) is 6.31. The number of anilines is 1. The number of nitrogens with zero attached hydrogens (tertiary/aromatic N) is 1. The van der Waals surface area contributed by atoms with Crippen molar-refractivity contribution in [2.75, 3.05) is 5.32 Å². The van der Waals surface area contributed by atoms with E-state index in [0.717, 1.165) is 30.6 Å². The number of hydrogen-bond donors (Lipinski definition) is 1. The number of halogens is 2. The minimum Gasteiger partial charge on any atom is -0.323 e. The highest BCUT2D eigenvalue weighted by Crippen LogP contribution is 2.39. The van der Waals surface area contributed by atoms with Crippen LogP contribution in [0.1, 0.15) is 32.6 Å². The van der Waals surface area contributed by atoms with Crippen LogP contribution in [0.4, 0.5) is 5.69 Å². The van der Waals surface area contributed by atoms with Gasteiger partial charge in [-0.3, -0.25) is 19.3 Å². The number of carbonyl (C=O) groups excluding carboxylic acids is 3. The van der Waals surface area contributed by atoms with E-state index in [2.05, 4.69) is 5.32 Å². The molecule has 2 aliphatic rings. The van der Waals surface area contributed by atoms with Gasteiger partial charge in [0.15, 0.2) is 0 Å². The second kappa shape index (κ2) is 6.73. The standard InChI is InChI=1S/C17H18Cl2N2O3/c1-9(15(22)20-13-8-4-7-12(18)14(13)19)21-16(23)10-5-2-3-6-11(10)17(21)24/h4,7-11H,2-3,5-6H2,1H3,(H,20,22). The van der Waals surface area contributed by atoms with Crippen LogP contribution in [0.2, 0.25) is 10.0 Å². The fourth-order valence-corrected chi connectivity index (χ4v) is 3.87. The largest absolute Gasteiger partial charge is 0.323 e. The maximum absolute atomic E-state index is 12.5. The van der Waals surface area contributed by atoms with Gasteiger partial charge in [-0.2, -0.15) is 0 Å². The van der Waals surface area contributed by atoms with Crippen molar-refractivity contribution in [2.45, 2.75) is 38.6 Å². The highest BCUT2D eigenvalue weighted by molar-refractivity contribution is 6.44. The molecule has 3 atom stereocenters. The Labute approximate surface area is 150 Å². The molecule has 0 aromatic heterocycles. The van der Waals surface area contributed by atoms with Gasteiger partial charge in [0.05, 0.1) is 27.6 Å². The first-order valence-corrected chi connectivity index (χ1v) is 8.79. The second-order valence-corrected chi connectivity index (χ2v) is 7.10. The van der Waals surface area contributed by atoms with E-state index >= 15 is 0 Å². The van der Waals surface area contributed by atoms with E-state index in [0.29, 0.717) is 10.7 Å². The van der Waals surface area contributed by atoms with Gasteiger partial charge < -0.3 is 5.32 Å². The lowest BCUT2D eigenvalue weighted by Crippen LogP contribution is -2.46. The molecule has 1 aromatic carbocycles. The third kappa shape index (κ3) is 2.91. The molecule has 128 valence electrons. The normalized spacial score (nSPS) is 24.7. The zero-order chi connectivity index (χ0) is 17.4. The van der Waals surface area contributed by atoms with Crippen LogP contribution >= 0.6 is 23.2 Å². The molecule has 0 bridgehead atoms. The minimum absolute atomic E-state index is 0.229. The SMILES string of the molecule is CC(C(=O)Nc1cccc(Cl)c1Cl)N1C(=O)C2CCCCC2C1=O. The zero-order valence-electron chi connectivity index (χ0n) is 13.2. The summed E-state index contributed by atoms with van der Waals surface area (Å²) in [5.41, 5.74) is 0.359. The smallest absolute Gasteiger partial charge is 0.247 e. The van der Waals surface area contributed by atoms with E-state index in [-0.39, 0.29) is 28.7 Å². The Balaban J connectivity index is 1.77. The summed E-state index contributed by atoms with van der Waals surface area (Å²) >= 11 is 12.0. The van der Waals surface area contributed by atoms with Gasteiger partial charge >= 0.3 is 0 Å². The van der Waals surface area contributed by atoms with Crippen LogP contribution in [-0.4, -0.2) is 28.7 Å². The summed E-state index contributed by atoms with van der Waals surface area (Å²) in [5, 5.41) is 3.20. The topological polar surface area (TPSA) is 66.5 Å². The van der Waals surface area contributed by atoms with Crippen molar-refractivity contribution < 1.29 is 14.4 Å². The van der Waals surface area contributed by atoms with E-state index in [9.17, 15) is 14.4 Å². The molecular formula is C17H18Cl2N2O3. The van der Waals surface area contributed by atoms with Crippen LogP contribution < -0.4 is 5.32 Å². The van der Waals surface area contributed by atoms with Gasteiger partial charge in [0.2, 0.25) is 17.7 Å². The van der Waals surface area contributed by atoms with Crippen LogP contribution in [0.5, 0.6) is 0 Å². The van der Waals surface area contributed by atoms with Crippen LogP contribution in [0, 0.1) is 11.8 Å². The molecule has 1 saturated carbocycles. The summed E-state index contributed by atoms with van der Waals surface area (Å²) in [6, 6.07) is 4.01. The number of rotatable bonds is 3. The third-order valence-corrected chi connectivity index (χ3v) is 5.67. The summed E-state index contributed by atoms with van der Waals surface area (Å²) in [5.74, 6) is -1.46. The van der Waals surface area contributed by atoms with Crippen molar-refractivity contribution in [3.8, 4) is 0 Å². The molecule has 0 radical (unpaired) electrons. The van der Waals surface area contributed by atoms with Crippen molar-refractivity contribution in [2.24, 2.45) is 11.8 Å². The van der Waals surface area contributed by atoms with Crippen molar-refractivity contribution in [1.29, 1.82) is 0 Å². The highest BCUT2D eigenvalue weighted by Gasteiger charge is 2.50. The summed E-state index contributed by atoms with van der Waals surface area (Å²) in [6.07, 6.45) is 3.35. The average molecular weight is 369 g/mol. The fourth-order valence-electron chi connectivity index (χ4n) is 3.52. The van der Waals surface area contributed by atoms with Crippen molar-refractivity contribution in [3.63, 3.8) is 0 Å². The summed E-state index contributed by atoms with van der Waals surface area (Å²) in [6.45, 7) is 1.56. The molecule has 5 nitrogen and oxygen atoms in total. The predicted octanol–water partition coefficient (Wildman–Crippen LogP) is 3.50. The number of carbonyl (C=O) groups is 3. The Kier molecular flexibility index (Phi) is 4.83. The number of hydrogen-bond acceptors (Lipinski definition) is 3. The maximum Gasteiger partial charge on any atom is 0.247 e. The monoisotopic (exact) mass is 368 g/mol. The Hall–Kier alpha value is -1.59. The van der Waals surface area contributed by atoms with Crippen LogP contribution in [0.25, 0.3) is 0 Å². The first-order chi connectivity index (χ1) is 11.4. The molecule has 1 heterocycles. The molecule has 1 aliphatic carbocycles. The molecule has 3 rings (SSSR count). The van der Waals surface area contributed by atoms with Gasteiger partial charge in [-0.15, -0.1) is 0 Å². The van der Waals surface area contributed by atoms with Gasteiger partial charge in [-0.05, 0) is 31.9 Å². The zero-order valence-corrected chi connectivity index (χ0v) is 14.7. The number of amides is 3. The molecule has 2 fully saturated rings. The third-order valence-electron chi connectivity index (χ3n) is 4.85. The first kappa shape index (κ1) is 17.2. The Morgan fingerprint density at radius 3 is 2.33 bits per heavy atom. The molecule has 7 heteroatoms. The van der Waals surface area contributed by atoms with E-state index in [1.807, 2.05) is 0 Å². The minimum atomic E-state index is -0.884. The van der Waals surface area contributed by atoms with E-state index in [4.69, 9.17) is 23.2 Å². The number of nitrogens with one attached hydrogen (secondary N) is 1. The Morgan fingerprint density at radius 1 is 1.17 bits per heavy atom. The molecule has 1 saturated heterocycles. The fraction of sp³-hybridized carbons (Fsp3) is 0.471. The molecular weight excluding hydrogens is 351 g/mol. The molecule has 3 unspecified atom stereocenters. The molecule has 24 heavy (non-hydrogen) atoms. The first-order valence-electron chi connectivity index (χ1n) is 8.03. The van der Waals surface area contributed by atoms with Gasteiger partial charge in [-0.25, -0.2) is 0 Å². The number of benzene rings is 1. The number of likely N-dealkylation sites (tertiary alicyclic amines) is 1.